The van der Waals surface area contributed by atoms with Crippen LogP contribution in [-0.2, 0) is 5.41 Å². The van der Waals surface area contributed by atoms with E-state index in [4.69, 9.17) is 0 Å². The second kappa shape index (κ2) is 14.4. The second-order valence-electron chi connectivity index (χ2n) is 17.7. The standard InChI is InChI=1S/C63H40FN3/c64-42-32-34-45(35-33-42)65(46-36-38-57-51(39-46)49-24-11-14-28-56(49)66(57)43-18-3-1-4-19-43)60-40-55-62(50-25-10-9-23-48(50)60)61-47-22-8-7-17-41(47)31-37-54(61)63(55)52-26-12-15-29-58(52)67(44-20-5-2-6-21-44)59-30-16-13-27-53(59)63/h1-40H. The Balaban J connectivity index is 1.12. The van der Waals surface area contributed by atoms with E-state index in [1.165, 1.54) is 54.9 Å². The monoisotopic (exact) mass is 857 g/mol. The zero-order valence-corrected chi connectivity index (χ0v) is 36.3. The highest BCUT2D eigenvalue weighted by Crippen LogP contribution is 2.66. The number of nitrogens with zero attached hydrogens (tertiary/aromatic N) is 3. The van der Waals surface area contributed by atoms with Crippen molar-refractivity contribution in [2.75, 3.05) is 9.80 Å². The molecule has 1 aliphatic carbocycles. The molecule has 1 spiro atoms. The van der Waals surface area contributed by atoms with Crippen LogP contribution < -0.4 is 9.80 Å². The van der Waals surface area contributed by atoms with Gasteiger partial charge in [-0.25, -0.2) is 4.39 Å². The topological polar surface area (TPSA) is 11.4 Å². The van der Waals surface area contributed by atoms with Crippen LogP contribution in [0.25, 0.3) is 60.2 Å². The minimum Gasteiger partial charge on any atom is -0.310 e. The Kier molecular flexibility index (Phi) is 8.08. The molecule has 0 saturated carbocycles. The first-order chi connectivity index (χ1) is 33.2. The van der Waals surface area contributed by atoms with E-state index in [-0.39, 0.29) is 5.82 Å². The number of halogens is 1. The van der Waals surface area contributed by atoms with Crippen molar-refractivity contribution < 1.29 is 4.39 Å². The summed E-state index contributed by atoms with van der Waals surface area (Å²) < 4.78 is 17.4. The lowest BCUT2D eigenvalue weighted by Gasteiger charge is -2.45. The van der Waals surface area contributed by atoms with Gasteiger partial charge in [-0.2, -0.15) is 0 Å². The van der Waals surface area contributed by atoms with Crippen LogP contribution >= 0.6 is 0 Å². The van der Waals surface area contributed by atoms with Crippen molar-refractivity contribution in [3.8, 4) is 16.8 Å². The van der Waals surface area contributed by atoms with E-state index in [1.807, 2.05) is 12.1 Å². The van der Waals surface area contributed by atoms with Crippen molar-refractivity contribution in [1.29, 1.82) is 0 Å². The molecule has 12 aromatic rings. The van der Waals surface area contributed by atoms with Crippen molar-refractivity contribution in [3.63, 3.8) is 0 Å². The van der Waals surface area contributed by atoms with Crippen LogP contribution in [-0.4, -0.2) is 4.57 Å². The largest absolute Gasteiger partial charge is 0.310 e. The number of benzene rings is 11. The number of aromatic nitrogens is 1. The lowest BCUT2D eigenvalue weighted by Crippen LogP contribution is -2.36. The zero-order chi connectivity index (χ0) is 44.2. The third-order valence-electron chi connectivity index (χ3n) is 14.4. The summed E-state index contributed by atoms with van der Waals surface area (Å²) in [6.07, 6.45) is 0. The number of para-hydroxylation sites is 5. The van der Waals surface area contributed by atoms with Gasteiger partial charge in [-0.1, -0.05) is 152 Å². The zero-order valence-electron chi connectivity index (χ0n) is 36.3. The molecule has 3 nitrogen and oxygen atoms in total. The first kappa shape index (κ1) is 37.6. The Hall–Kier alpha value is -8.73. The van der Waals surface area contributed by atoms with Gasteiger partial charge in [-0.3, -0.25) is 0 Å². The van der Waals surface area contributed by atoms with Gasteiger partial charge in [0.2, 0.25) is 0 Å². The molecule has 2 aliphatic rings. The first-order valence-electron chi connectivity index (χ1n) is 23.0. The molecule has 0 saturated heterocycles. The van der Waals surface area contributed by atoms with E-state index in [9.17, 15) is 0 Å². The van der Waals surface area contributed by atoms with Crippen LogP contribution in [0.1, 0.15) is 22.3 Å². The second-order valence-corrected chi connectivity index (χ2v) is 17.7. The van der Waals surface area contributed by atoms with Gasteiger partial charge >= 0.3 is 0 Å². The van der Waals surface area contributed by atoms with Gasteiger partial charge < -0.3 is 14.4 Å². The molecule has 2 heterocycles. The summed E-state index contributed by atoms with van der Waals surface area (Å²) in [5.74, 6) is -0.274. The first-order valence-corrected chi connectivity index (χ1v) is 23.0. The molecule has 67 heavy (non-hydrogen) atoms. The molecule has 0 unspecified atom stereocenters. The van der Waals surface area contributed by atoms with E-state index < -0.39 is 5.41 Å². The fourth-order valence-corrected chi connectivity index (χ4v) is 11.8. The molecule has 1 aliphatic heterocycles. The molecule has 14 rings (SSSR count). The molecule has 4 heteroatoms. The van der Waals surface area contributed by atoms with Crippen molar-refractivity contribution in [1.82, 2.24) is 4.57 Å². The highest BCUT2D eigenvalue weighted by Gasteiger charge is 2.53. The third-order valence-corrected chi connectivity index (χ3v) is 14.4. The van der Waals surface area contributed by atoms with Crippen LogP contribution in [0.15, 0.2) is 243 Å². The number of hydrogen-bond acceptors (Lipinski definition) is 2. The Labute approximate surface area is 387 Å². The maximum absolute atomic E-state index is 15.1. The predicted molar refractivity (Wildman–Crippen MR) is 276 cm³/mol. The fraction of sp³-hybridized carbons (Fsp3) is 0.0159. The summed E-state index contributed by atoms with van der Waals surface area (Å²) in [5, 5.41) is 7.01. The Morgan fingerprint density at radius 1 is 0.358 bits per heavy atom. The number of hydrogen-bond donors (Lipinski definition) is 0. The van der Waals surface area contributed by atoms with E-state index in [0.717, 1.165) is 61.6 Å². The fourth-order valence-electron chi connectivity index (χ4n) is 11.8. The van der Waals surface area contributed by atoms with E-state index in [2.05, 4.69) is 233 Å². The number of fused-ring (bicyclic) bond motifs is 16. The summed E-state index contributed by atoms with van der Waals surface area (Å²) in [7, 11) is 0. The van der Waals surface area contributed by atoms with Crippen molar-refractivity contribution in [2.24, 2.45) is 0 Å². The van der Waals surface area contributed by atoms with Gasteiger partial charge in [-0.05, 0) is 141 Å². The SMILES string of the molecule is Fc1ccc(N(c2ccc3c(c2)c2ccccc2n3-c2ccccc2)c2cc3c(c4ccccc24)-c2c(ccc4ccccc24)C32c3ccccc3N(c3ccccc3)c3ccccc32)cc1. The molecule has 314 valence electrons. The third kappa shape index (κ3) is 5.27. The molecular formula is C63H40FN3. The summed E-state index contributed by atoms with van der Waals surface area (Å²) in [6.45, 7) is 0. The molecule has 0 amide bonds. The molecule has 0 fully saturated rings. The van der Waals surface area contributed by atoms with E-state index in [1.54, 1.807) is 12.1 Å². The summed E-state index contributed by atoms with van der Waals surface area (Å²) in [6, 6.07) is 86.6. The normalized spacial score (nSPS) is 13.2. The summed E-state index contributed by atoms with van der Waals surface area (Å²) in [5.41, 5.74) is 16.3. The molecule has 0 radical (unpaired) electrons. The maximum Gasteiger partial charge on any atom is 0.123 e. The molecule has 0 atom stereocenters. The predicted octanol–water partition coefficient (Wildman–Crippen LogP) is 16.8. The van der Waals surface area contributed by atoms with Crippen molar-refractivity contribution in [2.45, 2.75) is 5.41 Å². The lowest BCUT2D eigenvalue weighted by molar-refractivity contribution is 0.628. The Morgan fingerprint density at radius 3 is 1.64 bits per heavy atom. The summed E-state index contributed by atoms with van der Waals surface area (Å²) in [4.78, 5) is 4.78. The van der Waals surface area contributed by atoms with E-state index in [0.29, 0.717) is 0 Å². The van der Waals surface area contributed by atoms with Gasteiger partial charge in [0.05, 0.1) is 33.5 Å². The highest BCUT2D eigenvalue weighted by molar-refractivity contribution is 6.17. The van der Waals surface area contributed by atoms with Crippen LogP contribution in [0.5, 0.6) is 0 Å². The summed E-state index contributed by atoms with van der Waals surface area (Å²) >= 11 is 0. The lowest BCUT2D eigenvalue weighted by atomic mass is 9.64. The number of anilines is 6. The van der Waals surface area contributed by atoms with Crippen LogP contribution in [0.3, 0.4) is 0 Å². The molecule has 11 aromatic carbocycles. The molecule has 0 N–H and O–H groups in total. The smallest absolute Gasteiger partial charge is 0.123 e. The van der Waals surface area contributed by atoms with Gasteiger partial charge in [0.1, 0.15) is 5.82 Å². The van der Waals surface area contributed by atoms with Crippen LogP contribution in [0, 0.1) is 5.82 Å². The average Bonchev–Trinajstić information content (AvgIpc) is 3.88. The Morgan fingerprint density at radius 2 is 0.910 bits per heavy atom. The van der Waals surface area contributed by atoms with Crippen molar-refractivity contribution in [3.05, 3.63) is 271 Å². The minimum absolute atomic E-state index is 0.274. The minimum atomic E-state index is -0.715. The van der Waals surface area contributed by atoms with Gasteiger partial charge in [0.25, 0.3) is 0 Å². The highest BCUT2D eigenvalue weighted by atomic mass is 19.1. The average molecular weight is 858 g/mol. The van der Waals surface area contributed by atoms with E-state index >= 15 is 4.39 Å². The molecule has 0 bridgehead atoms. The van der Waals surface area contributed by atoms with Crippen LogP contribution in [0.4, 0.5) is 38.5 Å². The molecule has 1 aromatic heterocycles. The van der Waals surface area contributed by atoms with Gasteiger partial charge in [0.15, 0.2) is 0 Å². The maximum atomic E-state index is 15.1. The number of rotatable bonds is 5. The van der Waals surface area contributed by atoms with Gasteiger partial charge in [-0.15, -0.1) is 0 Å². The molecular weight excluding hydrogens is 818 g/mol. The quantitative estimate of drug-likeness (QED) is 0.171. The van der Waals surface area contributed by atoms with Crippen molar-refractivity contribution >= 4 is 77.5 Å². The Bertz CT molecular complexity index is 3900. The van der Waals surface area contributed by atoms with Gasteiger partial charge in [0, 0.05) is 38.9 Å². The van der Waals surface area contributed by atoms with Crippen LogP contribution in [0.2, 0.25) is 0 Å².